The number of benzene rings is 1. The van der Waals surface area contributed by atoms with E-state index in [4.69, 9.17) is 9.47 Å². The summed E-state index contributed by atoms with van der Waals surface area (Å²) in [5, 5.41) is 4.47. The lowest BCUT2D eigenvalue weighted by molar-refractivity contribution is -0.143. The van der Waals surface area contributed by atoms with Gasteiger partial charge in [-0.3, -0.25) is 4.79 Å². The third-order valence-electron chi connectivity index (χ3n) is 4.84. The molecule has 1 fully saturated rings. The normalized spacial score (nSPS) is 18.4. The molecule has 2 heterocycles. The summed E-state index contributed by atoms with van der Waals surface area (Å²) in [5.74, 6) is 0.706. The van der Waals surface area contributed by atoms with Crippen molar-refractivity contribution in [1.82, 2.24) is 14.7 Å². The van der Waals surface area contributed by atoms with Crippen LogP contribution in [0, 0.1) is 6.92 Å². The van der Waals surface area contributed by atoms with Crippen LogP contribution >= 0.6 is 0 Å². The fourth-order valence-electron chi connectivity index (χ4n) is 3.77. The molecule has 0 bridgehead atoms. The Morgan fingerprint density at radius 2 is 2.00 bits per heavy atom. The van der Waals surface area contributed by atoms with Crippen LogP contribution in [0.25, 0.3) is 0 Å². The molecule has 1 aromatic carbocycles. The Kier molecular flexibility index (Phi) is 5.08. The topological polar surface area (TPSA) is 56.6 Å². The minimum Gasteiger partial charge on any atom is -0.481 e. The van der Waals surface area contributed by atoms with Gasteiger partial charge >= 0.3 is 0 Å². The van der Waals surface area contributed by atoms with Crippen molar-refractivity contribution in [1.29, 1.82) is 0 Å². The molecule has 2 aromatic rings. The van der Waals surface area contributed by atoms with E-state index in [1.807, 2.05) is 49.2 Å². The predicted octanol–water partition coefficient (Wildman–Crippen LogP) is 2.79. The van der Waals surface area contributed by atoms with E-state index in [0.29, 0.717) is 6.54 Å². The lowest BCUT2D eigenvalue weighted by Gasteiger charge is -2.29. The number of methoxy groups -OCH3 is 2. The number of aryl methyl sites for hydroxylation is 2. The number of likely N-dealkylation sites (tertiary alicyclic amines) is 1. The number of carbonyl (C=O) groups excluding carboxylic acids is 1. The van der Waals surface area contributed by atoms with Crippen LogP contribution in [-0.2, 0) is 16.6 Å². The third-order valence-corrected chi connectivity index (χ3v) is 4.84. The van der Waals surface area contributed by atoms with E-state index in [1.165, 1.54) is 0 Å². The van der Waals surface area contributed by atoms with Gasteiger partial charge in [0.15, 0.2) is 6.10 Å². The van der Waals surface area contributed by atoms with Crippen LogP contribution in [0.4, 0.5) is 0 Å². The number of aromatic nitrogens is 2. The zero-order valence-corrected chi connectivity index (χ0v) is 15.2. The molecule has 6 nitrogen and oxygen atoms in total. The van der Waals surface area contributed by atoms with Crippen molar-refractivity contribution < 1.29 is 14.3 Å². The zero-order valence-electron chi connectivity index (χ0n) is 15.2. The second-order valence-electron chi connectivity index (χ2n) is 6.35. The number of nitrogens with zero attached hydrogens (tertiary/aromatic N) is 3. The first-order valence-electron chi connectivity index (χ1n) is 8.54. The summed E-state index contributed by atoms with van der Waals surface area (Å²) < 4.78 is 12.8. The van der Waals surface area contributed by atoms with Crippen LogP contribution in [0.2, 0.25) is 0 Å². The van der Waals surface area contributed by atoms with Gasteiger partial charge < -0.3 is 14.4 Å². The Labute approximate surface area is 148 Å². The third kappa shape index (κ3) is 3.14. The lowest BCUT2D eigenvalue weighted by atomic mass is 10.0. The molecular weight excluding hydrogens is 318 g/mol. The molecule has 0 saturated carbocycles. The largest absolute Gasteiger partial charge is 0.481 e. The van der Waals surface area contributed by atoms with Gasteiger partial charge in [-0.15, -0.1) is 0 Å². The zero-order chi connectivity index (χ0) is 18.0. The Balaban J connectivity index is 1.93. The SMILES string of the molecule is COc1c(C2CCCN2C(=O)C(OC)c2ccccc2)c(C)nn1C. The fourth-order valence-corrected chi connectivity index (χ4v) is 3.77. The van der Waals surface area contributed by atoms with Crippen molar-refractivity contribution in [3.63, 3.8) is 0 Å². The van der Waals surface area contributed by atoms with Crippen LogP contribution in [-0.4, -0.2) is 41.4 Å². The highest BCUT2D eigenvalue weighted by Gasteiger charge is 2.38. The van der Waals surface area contributed by atoms with Crippen molar-refractivity contribution in [2.24, 2.45) is 7.05 Å². The van der Waals surface area contributed by atoms with Crippen molar-refractivity contribution in [3.8, 4) is 5.88 Å². The summed E-state index contributed by atoms with van der Waals surface area (Å²) in [6.07, 6.45) is 1.27. The molecule has 1 saturated heterocycles. The van der Waals surface area contributed by atoms with Crippen LogP contribution in [0.5, 0.6) is 5.88 Å². The first kappa shape index (κ1) is 17.5. The monoisotopic (exact) mass is 343 g/mol. The minimum absolute atomic E-state index is 0.0125. The van der Waals surface area contributed by atoms with E-state index >= 15 is 0 Å². The smallest absolute Gasteiger partial charge is 0.256 e. The standard InChI is InChI=1S/C19H25N3O3/c1-13-16(19(25-4)21(2)20-13)15-11-8-12-22(15)18(23)17(24-3)14-9-6-5-7-10-14/h5-7,9-10,15,17H,8,11-12H2,1-4H3. The van der Waals surface area contributed by atoms with Crippen molar-refractivity contribution in [2.75, 3.05) is 20.8 Å². The Bertz CT molecular complexity index is 742. The highest BCUT2D eigenvalue weighted by Crippen LogP contribution is 2.40. The van der Waals surface area contributed by atoms with Crippen LogP contribution in [0.1, 0.15) is 41.8 Å². The second-order valence-corrected chi connectivity index (χ2v) is 6.35. The molecule has 0 radical (unpaired) electrons. The molecule has 134 valence electrons. The summed E-state index contributed by atoms with van der Waals surface area (Å²) >= 11 is 0. The number of hydrogen-bond acceptors (Lipinski definition) is 4. The van der Waals surface area contributed by atoms with E-state index < -0.39 is 6.10 Å². The van der Waals surface area contributed by atoms with Crippen LogP contribution in [0.3, 0.4) is 0 Å². The van der Waals surface area contributed by atoms with Gasteiger partial charge in [-0.05, 0) is 25.3 Å². The Morgan fingerprint density at radius 1 is 1.28 bits per heavy atom. The van der Waals surface area contributed by atoms with E-state index in [9.17, 15) is 4.79 Å². The Morgan fingerprint density at radius 3 is 2.64 bits per heavy atom. The average molecular weight is 343 g/mol. The molecule has 1 amide bonds. The van der Waals surface area contributed by atoms with E-state index in [-0.39, 0.29) is 11.9 Å². The van der Waals surface area contributed by atoms with Crippen LogP contribution in [0.15, 0.2) is 30.3 Å². The van der Waals surface area contributed by atoms with Crippen molar-refractivity contribution in [3.05, 3.63) is 47.2 Å². The first-order valence-corrected chi connectivity index (χ1v) is 8.54. The summed E-state index contributed by atoms with van der Waals surface area (Å²) in [5.41, 5.74) is 2.77. The highest BCUT2D eigenvalue weighted by molar-refractivity contribution is 5.83. The molecule has 6 heteroatoms. The quantitative estimate of drug-likeness (QED) is 0.838. The molecule has 0 spiro atoms. The molecular formula is C19H25N3O3. The van der Waals surface area contributed by atoms with Gasteiger partial charge in [0.25, 0.3) is 5.91 Å². The Hall–Kier alpha value is -2.34. The number of ether oxygens (including phenoxy) is 2. The minimum atomic E-state index is -0.593. The lowest BCUT2D eigenvalue weighted by Crippen LogP contribution is -2.35. The first-order chi connectivity index (χ1) is 12.1. The molecule has 1 aliphatic rings. The van der Waals surface area contributed by atoms with Crippen molar-refractivity contribution in [2.45, 2.75) is 31.9 Å². The summed E-state index contributed by atoms with van der Waals surface area (Å²) in [4.78, 5) is 15.1. The van der Waals surface area contributed by atoms with Gasteiger partial charge in [0.1, 0.15) is 0 Å². The molecule has 2 unspecified atom stereocenters. The van der Waals surface area contributed by atoms with E-state index in [1.54, 1.807) is 18.9 Å². The summed E-state index contributed by atoms with van der Waals surface area (Å²) in [7, 11) is 5.08. The molecule has 1 aliphatic heterocycles. The number of rotatable bonds is 5. The fraction of sp³-hybridized carbons (Fsp3) is 0.474. The summed E-state index contributed by atoms with van der Waals surface area (Å²) in [6, 6.07) is 9.59. The summed E-state index contributed by atoms with van der Waals surface area (Å²) in [6.45, 7) is 2.68. The maximum atomic E-state index is 13.2. The van der Waals surface area contributed by atoms with Gasteiger partial charge in [0.05, 0.1) is 24.4 Å². The maximum Gasteiger partial charge on any atom is 0.256 e. The van der Waals surface area contributed by atoms with E-state index in [0.717, 1.165) is 35.5 Å². The van der Waals surface area contributed by atoms with Gasteiger partial charge in [-0.2, -0.15) is 5.10 Å². The second kappa shape index (κ2) is 7.27. The molecule has 0 N–H and O–H groups in total. The average Bonchev–Trinajstić information content (AvgIpc) is 3.19. The molecule has 3 rings (SSSR count). The number of hydrogen-bond donors (Lipinski definition) is 0. The number of carbonyl (C=O) groups is 1. The molecule has 0 aliphatic carbocycles. The van der Waals surface area contributed by atoms with Crippen molar-refractivity contribution >= 4 is 5.91 Å². The molecule has 25 heavy (non-hydrogen) atoms. The van der Waals surface area contributed by atoms with Gasteiger partial charge in [-0.1, -0.05) is 30.3 Å². The van der Waals surface area contributed by atoms with E-state index in [2.05, 4.69) is 5.10 Å². The molecule has 1 aromatic heterocycles. The van der Waals surface area contributed by atoms with Gasteiger partial charge in [0, 0.05) is 20.7 Å². The van der Waals surface area contributed by atoms with Gasteiger partial charge in [-0.25, -0.2) is 4.68 Å². The number of amides is 1. The maximum absolute atomic E-state index is 13.2. The van der Waals surface area contributed by atoms with Crippen LogP contribution < -0.4 is 4.74 Å². The van der Waals surface area contributed by atoms with Gasteiger partial charge in [0.2, 0.25) is 5.88 Å². The highest BCUT2D eigenvalue weighted by atomic mass is 16.5. The molecule has 2 atom stereocenters. The predicted molar refractivity (Wildman–Crippen MR) is 94.4 cm³/mol.